The molecule has 0 spiro atoms. The summed E-state index contributed by atoms with van der Waals surface area (Å²) in [6, 6.07) is 5.87. The van der Waals surface area contributed by atoms with Gasteiger partial charge in [0.1, 0.15) is 5.76 Å². The number of aliphatic imine (C=N–C) groups is 1. The lowest BCUT2D eigenvalue weighted by molar-refractivity contribution is 0.510. The lowest BCUT2D eigenvalue weighted by atomic mass is 10.3. The van der Waals surface area contributed by atoms with Gasteiger partial charge in [0.2, 0.25) is 0 Å². The Kier molecular flexibility index (Phi) is 9.11. The Bertz CT molecular complexity index is 591. The highest BCUT2D eigenvalue weighted by Crippen LogP contribution is 2.00. The van der Waals surface area contributed by atoms with E-state index in [1.165, 1.54) is 5.69 Å². The fraction of sp³-hybridized carbons (Fsp3) is 0.375. The smallest absolute Gasteiger partial charge is 0.191 e. The van der Waals surface area contributed by atoms with Crippen molar-refractivity contribution in [2.75, 3.05) is 19.6 Å². The van der Waals surface area contributed by atoms with Crippen molar-refractivity contribution < 1.29 is 4.42 Å². The first-order chi connectivity index (χ1) is 10.8. The number of nitrogens with zero attached hydrogens (tertiary/aromatic N) is 3. The summed E-state index contributed by atoms with van der Waals surface area (Å²) in [5.41, 5.74) is 1.19. The van der Waals surface area contributed by atoms with Crippen LogP contribution in [0.4, 0.5) is 0 Å². The number of nitrogens with one attached hydrogen (secondary N) is 2. The largest absolute Gasteiger partial charge is 0.469 e. The number of furan rings is 1. The van der Waals surface area contributed by atoms with E-state index in [4.69, 9.17) is 4.42 Å². The zero-order valence-corrected chi connectivity index (χ0v) is 15.7. The minimum Gasteiger partial charge on any atom is -0.469 e. The Hall–Kier alpha value is -1.77. The molecule has 0 aromatic carbocycles. The van der Waals surface area contributed by atoms with Crippen LogP contribution in [0, 0.1) is 0 Å². The van der Waals surface area contributed by atoms with E-state index in [1.807, 2.05) is 42.2 Å². The molecule has 0 atom stereocenters. The zero-order valence-electron chi connectivity index (χ0n) is 13.4. The molecule has 2 rings (SSSR count). The third-order valence-corrected chi connectivity index (χ3v) is 3.22. The summed E-state index contributed by atoms with van der Waals surface area (Å²) < 4.78 is 7.19. The molecule has 2 N–H and O–H groups in total. The number of hydrogen-bond donors (Lipinski definition) is 2. The number of aromatic nitrogens is 2. The van der Waals surface area contributed by atoms with Crippen LogP contribution in [0.3, 0.4) is 0 Å². The number of guanidine groups is 1. The van der Waals surface area contributed by atoms with E-state index in [-0.39, 0.29) is 24.0 Å². The van der Waals surface area contributed by atoms with E-state index in [1.54, 1.807) is 6.26 Å². The van der Waals surface area contributed by atoms with Gasteiger partial charge >= 0.3 is 0 Å². The average Bonchev–Trinajstić information content (AvgIpc) is 3.16. The molecule has 126 valence electrons. The topological polar surface area (TPSA) is 67.4 Å². The second-order valence-electron chi connectivity index (χ2n) is 4.85. The van der Waals surface area contributed by atoms with Gasteiger partial charge in [-0.1, -0.05) is 6.08 Å². The number of rotatable bonds is 8. The third-order valence-electron chi connectivity index (χ3n) is 3.22. The first-order valence-electron chi connectivity index (χ1n) is 7.42. The summed E-state index contributed by atoms with van der Waals surface area (Å²) in [5, 5.41) is 10.7. The van der Waals surface area contributed by atoms with Crippen LogP contribution >= 0.6 is 24.0 Å². The van der Waals surface area contributed by atoms with Gasteiger partial charge < -0.3 is 15.1 Å². The van der Waals surface area contributed by atoms with Gasteiger partial charge in [-0.05, 0) is 18.2 Å². The quantitative estimate of drug-likeness (QED) is 0.292. The summed E-state index contributed by atoms with van der Waals surface area (Å²) in [5.74, 6) is 1.73. The Morgan fingerprint density at radius 1 is 1.39 bits per heavy atom. The molecule has 0 bridgehead atoms. The molecule has 6 nitrogen and oxygen atoms in total. The van der Waals surface area contributed by atoms with Crippen LogP contribution in [-0.4, -0.2) is 35.4 Å². The first-order valence-corrected chi connectivity index (χ1v) is 7.42. The van der Waals surface area contributed by atoms with E-state index in [9.17, 15) is 0 Å². The Labute approximate surface area is 154 Å². The van der Waals surface area contributed by atoms with Gasteiger partial charge in [-0.25, -0.2) is 0 Å². The van der Waals surface area contributed by atoms with Crippen LogP contribution in [0.25, 0.3) is 0 Å². The number of hydrogen-bond acceptors (Lipinski definition) is 3. The van der Waals surface area contributed by atoms with Crippen LogP contribution in [-0.2, 0) is 19.9 Å². The monoisotopic (exact) mass is 429 g/mol. The van der Waals surface area contributed by atoms with E-state index >= 15 is 0 Å². The molecule has 0 fully saturated rings. The van der Waals surface area contributed by atoms with Gasteiger partial charge in [-0.15, -0.1) is 30.6 Å². The molecule has 23 heavy (non-hydrogen) atoms. The fourth-order valence-corrected chi connectivity index (χ4v) is 2.03. The molecule has 0 aliphatic heterocycles. The van der Waals surface area contributed by atoms with Gasteiger partial charge in [0.25, 0.3) is 0 Å². The predicted molar refractivity (Wildman–Crippen MR) is 103 cm³/mol. The van der Waals surface area contributed by atoms with Crippen molar-refractivity contribution in [1.29, 1.82) is 0 Å². The highest BCUT2D eigenvalue weighted by molar-refractivity contribution is 14.0. The molecule has 0 saturated carbocycles. The van der Waals surface area contributed by atoms with Crippen LogP contribution in [0.1, 0.15) is 11.5 Å². The van der Waals surface area contributed by atoms with Crippen LogP contribution in [0.2, 0.25) is 0 Å². The summed E-state index contributed by atoms with van der Waals surface area (Å²) >= 11 is 0. The summed E-state index contributed by atoms with van der Waals surface area (Å²) in [4.78, 5) is 4.54. The first kappa shape index (κ1) is 19.3. The maximum Gasteiger partial charge on any atom is 0.191 e. The molecular weight excluding hydrogens is 405 g/mol. The van der Waals surface area contributed by atoms with E-state index in [0.717, 1.165) is 31.1 Å². The number of aryl methyl sites for hydroxylation is 1. The van der Waals surface area contributed by atoms with E-state index < -0.39 is 0 Å². The van der Waals surface area contributed by atoms with Gasteiger partial charge in [0.05, 0.1) is 6.26 Å². The van der Waals surface area contributed by atoms with Gasteiger partial charge in [-0.3, -0.25) is 9.67 Å². The second kappa shape index (κ2) is 10.9. The zero-order chi connectivity index (χ0) is 15.6. The minimum absolute atomic E-state index is 0. The Morgan fingerprint density at radius 2 is 2.26 bits per heavy atom. The molecule has 7 heteroatoms. The normalized spacial score (nSPS) is 10.9. The SMILES string of the molecule is C=CCNC(=NCCc1ccco1)NCCc1ccnn1C.I. The molecule has 0 aliphatic rings. The summed E-state index contributed by atoms with van der Waals surface area (Å²) in [6.45, 7) is 5.86. The molecule has 0 radical (unpaired) electrons. The number of halogens is 1. The highest BCUT2D eigenvalue weighted by Gasteiger charge is 2.01. The van der Waals surface area contributed by atoms with Crippen molar-refractivity contribution in [2.45, 2.75) is 12.8 Å². The van der Waals surface area contributed by atoms with Crippen molar-refractivity contribution in [3.8, 4) is 0 Å². The van der Waals surface area contributed by atoms with Gasteiger partial charge in [0.15, 0.2) is 5.96 Å². The lowest BCUT2D eigenvalue weighted by Gasteiger charge is -2.11. The second-order valence-corrected chi connectivity index (χ2v) is 4.85. The van der Waals surface area contributed by atoms with Crippen molar-refractivity contribution >= 4 is 29.9 Å². The molecule has 2 aromatic heterocycles. The highest BCUT2D eigenvalue weighted by atomic mass is 127. The van der Waals surface area contributed by atoms with Crippen LogP contribution in [0.15, 0.2) is 52.7 Å². The third kappa shape index (κ3) is 6.89. The molecular formula is C16H24IN5O. The van der Waals surface area contributed by atoms with Crippen molar-refractivity contribution in [3.05, 3.63) is 54.8 Å². The van der Waals surface area contributed by atoms with Crippen molar-refractivity contribution in [3.63, 3.8) is 0 Å². The fourth-order valence-electron chi connectivity index (χ4n) is 2.03. The Balaban J connectivity index is 0.00000264. The van der Waals surface area contributed by atoms with E-state index in [2.05, 4.69) is 27.3 Å². The summed E-state index contributed by atoms with van der Waals surface area (Å²) in [7, 11) is 1.95. The van der Waals surface area contributed by atoms with Crippen molar-refractivity contribution in [2.24, 2.45) is 12.0 Å². The minimum atomic E-state index is 0. The van der Waals surface area contributed by atoms with Crippen molar-refractivity contribution in [1.82, 2.24) is 20.4 Å². The van der Waals surface area contributed by atoms with Gasteiger partial charge in [0, 0.05) is 51.4 Å². The molecule has 2 aromatic rings. The maximum absolute atomic E-state index is 5.30. The predicted octanol–water partition coefficient (Wildman–Crippen LogP) is 2.14. The van der Waals surface area contributed by atoms with Crippen LogP contribution < -0.4 is 10.6 Å². The van der Waals surface area contributed by atoms with Gasteiger partial charge in [-0.2, -0.15) is 5.10 Å². The molecule has 0 unspecified atom stereocenters. The summed E-state index contributed by atoms with van der Waals surface area (Å²) in [6.07, 6.45) is 6.98. The van der Waals surface area contributed by atoms with E-state index in [0.29, 0.717) is 13.1 Å². The lowest BCUT2D eigenvalue weighted by Crippen LogP contribution is -2.38. The molecule has 0 aliphatic carbocycles. The maximum atomic E-state index is 5.30. The van der Waals surface area contributed by atoms with Crippen LogP contribution in [0.5, 0.6) is 0 Å². The Morgan fingerprint density at radius 3 is 2.91 bits per heavy atom. The average molecular weight is 429 g/mol. The molecule has 0 amide bonds. The molecule has 0 saturated heterocycles. The standard InChI is InChI=1S/C16H23N5O.HI/c1-3-9-17-16(19-11-8-15-5-4-13-22-15)18-10-6-14-7-12-20-21(14)2;/h3-5,7,12-13H,1,6,8-11H2,2H3,(H2,17,18,19);1H. The molecule has 2 heterocycles.